The summed E-state index contributed by atoms with van der Waals surface area (Å²) in [5.41, 5.74) is 0.773. The van der Waals surface area contributed by atoms with Crippen molar-refractivity contribution in [3.8, 4) is 11.5 Å². The number of para-hydroxylation sites is 1. The van der Waals surface area contributed by atoms with Crippen molar-refractivity contribution in [3.05, 3.63) is 59.7 Å². The van der Waals surface area contributed by atoms with Crippen LogP contribution in [-0.2, 0) is 11.2 Å². The van der Waals surface area contributed by atoms with Crippen LogP contribution < -0.4 is 14.8 Å². The zero-order chi connectivity index (χ0) is 17.5. The lowest BCUT2D eigenvalue weighted by Crippen LogP contribution is -2.37. The van der Waals surface area contributed by atoms with Crippen molar-refractivity contribution in [3.63, 3.8) is 0 Å². The molecule has 2 aromatic carbocycles. The van der Waals surface area contributed by atoms with Crippen LogP contribution in [0.15, 0.2) is 42.5 Å². The Balaban J connectivity index is 1.85. The topological polar surface area (TPSA) is 47.6 Å². The van der Waals surface area contributed by atoms with Crippen LogP contribution >= 0.6 is 0 Å². The summed E-state index contributed by atoms with van der Waals surface area (Å²) in [4.78, 5) is 12.1. The van der Waals surface area contributed by atoms with Crippen LogP contribution in [0, 0.1) is 11.6 Å². The summed E-state index contributed by atoms with van der Waals surface area (Å²) in [5, 5.41) is 2.76. The molecule has 0 saturated carbocycles. The van der Waals surface area contributed by atoms with Crippen molar-refractivity contribution < 1.29 is 23.0 Å². The van der Waals surface area contributed by atoms with Gasteiger partial charge >= 0.3 is 0 Å². The second-order valence-electron chi connectivity index (χ2n) is 5.34. The highest BCUT2D eigenvalue weighted by atomic mass is 19.1. The van der Waals surface area contributed by atoms with Gasteiger partial charge in [0.1, 0.15) is 18.2 Å². The van der Waals surface area contributed by atoms with E-state index in [1.165, 1.54) is 6.07 Å². The Labute approximate surface area is 139 Å². The minimum Gasteiger partial charge on any atom is -0.496 e. The van der Waals surface area contributed by atoms with Gasteiger partial charge in [-0.15, -0.1) is 0 Å². The van der Waals surface area contributed by atoms with Crippen molar-refractivity contribution in [2.24, 2.45) is 0 Å². The van der Waals surface area contributed by atoms with Crippen LogP contribution in [-0.4, -0.2) is 25.7 Å². The van der Waals surface area contributed by atoms with Crippen molar-refractivity contribution in [2.75, 3.05) is 13.7 Å². The van der Waals surface area contributed by atoms with Gasteiger partial charge in [-0.05, 0) is 25.1 Å². The van der Waals surface area contributed by atoms with E-state index >= 15 is 0 Å². The standard InChI is InChI=1S/C18H19F2NO3/c1-12(11-24-17-8-7-14(19)10-15(17)20)21-18(22)9-13-5-3-4-6-16(13)23-2/h3-8,10,12H,9,11H2,1-2H3,(H,21,22)/t12-/m1/s1. The number of rotatable bonds is 7. The lowest BCUT2D eigenvalue weighted by Gasteiger charge is -2.16. The number of amides is 1. The molecule has 0 saturated heterocycles. The van der Waals surface area contributed by atoms with Gasteiger partial charge in [0.2, 0.25) is 5.91 Å². The molecule has 0 aromatic heterocycles. The van der Waals surface area contributed by atoms with Gasteiger partial charge in [-0.2, -0.15) is 0 Å². The van der Waals surface area contributed by atoms with Gasteiger partial charge in [0, 0.05) is 11.6 Å². The fraction of sp³-hybridized carbons (Fsp3) is 0.278. The van der Waals surface area contributed by atoms with E-state index < -0.39 is 11.6 Å². The smallest absolute Gasteiger partial charge is 0.224 e. The summed E-state index contributed by atoms with van der Waals surface area (Å²) in [6, 6.07) is 10.00. The number of halogens is 2. The highest BCUT2D eigenvalue weighted by Crippen LogP contribution is 2.19. The lowest BCUT2D eigenvalue weighted by molar-refractivity contribution is -0.121. The number of carbonyl (C=O) groups excluding carboxylic acids is 1. The highest BCUT2D eigenvalue weighted by molar-refractivity contribution is 5.79. The molecule has 4 nitrogen and oxygen atoms in total. The summed E-state index contributed by atoms with van der Waals surface area (Å²) in [6.07, 6.45) is 0.166. The molecule has 6 heteroatoms. The molecule has 0 aliphatic carbocycles. The van der Waals surface area contributed by atoms with E-state index in [-0.39, 0.29) is 30.7 Å². The van der Waals surface area contributed by atoms with Crippen LogP contribution in [0.3, 0.4) is 0 Å². The van der Waals surface area contributed by atoms with Crippen LogP contribution in [0.25, 0.3) is 0 Å². The minimum atomic E-state index is -0.775. The largest absolute Gasteiger partial charge is 0.496 e. The first-order chi connectivity index (χ1) is 11.5. The van der Waals surface area contributed by atoms with Crippen molar-refractivity contribution in [1.29, 1.82) is 0 Å². The normalized spacial score (nSPS) is 11.7. The third-order valence-electron chi connectivity index (χ3n) is 3.33. The molecule has 0 heterocycles. The second kappa shape index (κ2) is 8.29. The molecule has 0 spiro atoms. The zero-order valence-electron chi connectivity index (χ0n) is 13.5. The third-order valence-corrected chi connectivity index (χ3v) is 3.33. The third kappa shape index (κ3) is 4.94. The monoisotopic (exact) mass is 335 g/mol. The van der Waals surface area contributed by atoms with E-state index in [1.54, 1.807) is 20.1 Å². The number of hydrogen-bond acceptors (Lipinski definition) is 3. The Morgan fingerprint density at radius 3 is 2.62 bits per heavy atom. The maximum Gasteiger partial charge on any atom is 0.224 e. The number of methoxy groups -OCH3 is 1. The van der Waals surface area contributed by atoms with Gasteiger partial charge in [-0.25, -0.2) is 8.78 Å². The summed E-state index contributed by atoms with van der Waals surface area (Å²) in [5.74, 6) is -1.05. The summed E-state index contributed by atoms with van der Waals surface area (Å²) < 4.78 is 36.8. The number of nitrogens with one attached hydrogen (secondary N) is 1. The van der Waals surface area contributed by atoms with Gasteiger partial charge in [0.05, 0.1) is 19.6 Å². The first-order valence-corrected chi connectivity index (χ1v) is 7.48. The molecule has 1 N–H and O–H groups in total. The van der Waals surface area contributed by atoms with Gasteiger partial charge in [0.15, 0.2) is 11.6 Å². The number of ether oxygens (including phenoxy) is 2. The Morgan fingerprint density at radius 1 is 1.17 bits per heavy atom. The maximum atomic E-state index is 13.5. The van der Waals surface area contributed by atoms with Gasteiger partial charge in [0.25, 0.3) is 0 Å². The van der Waals surface area contributed by atoms with Crippen molar-refractivity contribution in [1.82, 2.24) is 5.32 Å². The summed E-state index contributed by atoms with van der Waals surface area (Å²) in [7, 11) is 1.55. The Morgan fingerprint density at radius 2 is 1.92 bits per heavy atom. The first kappa shape index (κ1) is 17.7. The van der Waals surface area contributed by atoms with Crippen LogP contribution in [0.1, 0.15) is 12.5 Å². The molecule has 2 aromatic rings. The highest BCUT2D eigenvalue weighted by Gasteiger charge is 2.12. The van der Waals surface area contributed by atoms with E-state index in [4.69, 9.17) is 9.47 Å². The van der Waals surface area contributed by atoms with Gasteiger partial charge in [-0.3, -0.25) is 4.79 Å². The Kier molecular flexibility index (Phi) is 6.12. The van der Waals surface area contributed by atoms with Crippen LogP contribution in [0.2, 0.25) is 0 Å². The fourth-order valence-corrected chi connectivity index (χ4v) is 2.20. The van der Waals surface area contributed by atoms with E-state index in [0.717, 1.165) is 17.7 Å². The van der Waals surface area contributed by atoms with E-state index in [0.29, 0.717) is 5.75 Å². The molecule has 0 fully saturated rings. The zero-order valence-corrected chi connectivity index (χ0v) is 13.5. The number of benzene rings is 2. The summed E-state index contributed by atoms with van der Waals surface area (Å²) in [6.45, 7) is 1.81. The molecule has 0 bridgehead atoms. The molecule has 0 unspecified atom stereocenters. The predicted octanol–water partition coefficient (Wildman–Crippen LogP) is 3.10. The average Bonchev–Trinajstić information content (AvgIpc) is 2.54. The maximum absolute atomic E-state index is 13.5. The van der Waals surface area contributed by atoms with Crippen molar-refractivity contribution in [2.45, 2.75) is 19.4 Å². The summed E-state index contributed by atoms with van der Waals surface area (Å²) >= 11 is 0. The van der Waals surface area contributed by atoms with E-state index in [9.17, 15) is 13.6 Å². The van der Waals surface area contributed by atoms with E-state index in [1.807, 2.05) is 18.2 Å². The molecule has 24 heavy (non-hydrogen) atoms. The predicted molar refractivity (Wildman–Crippen MR) is 86.2 cm³/mol. The number of hydrogen-bond donors (Lipinski definition) is 1. The Bertz CT molecular complexity index is 706. The minimum absolute atomic E-state index is 0.0535. The quantitative estimate of drug-likeness (QED) is 0.846. The van der Waals surface area contributed by atoms with E-state index in [2.05, 4.69) is 5.32 Å². The average molecular weight is 335 g/mol. The molecular formula is C18H19F2NO3. The molecular weight excluding hydrogens is 316 g/mol. The molecule has 2 rings (SSSR count). The number of carbonyl (C=O) groups is 1. The molecule has 1 atom stereocenters. The first-order valence-electron chi connectivity index (χ1n) is 7.48. The van der Waals surface area contributed by atoms with Crippen LogP contribution in [0.5, 0.6) is 11.5 Å². The second-order valence-corrected chi connectivity index (χ2v) is 5.34. The molecule has 0 aliphatic rings. The van der Waals surface area contributed by atoms with Gasteiger partial charge < -0.3 is 14.8 Å². The molecule has 0 aliphatic heterocycles. The lowest BCUT2D eigenvalue weighted by atomic mass is 10.1. The van der Waals surface area contributed by atoms with Crippen LogP contribution in [0.4, 0.5) is 8.78 Å². The molecule has 0 radical (unpaired) electrons. The molecule has 1 amide bonds. The van der Waals surface area contributed by atoms with Crippen molar-refractivity contribution >= 4 is 5.91 Å². The molecule has 128 valence electrons. The fourth-order valence-electron chi connectivity index (χ4n) is 2.20. The Hall–Kier alpha value is -2.63. The van der Waals surface area contributed by atoms with Gasteiger partial charge in [-0.1, -0.05) is 18.2 Å². The SMILES string of the molecule is COc1ccccc1CC(=O)N[C@H](C)COc1ccc(F)cc1F.